The lowest BCUT2D eigenvalue weighted by atomic mass is 9.95. The van der Waals surface area contributed by atoms with Crippen molar-refractivity contribution >= 4 is 17.9 Å². The van der Waals surface area contributed by atoms with Gasteiger partial charge >= 0.3 is 12.5 Å². The van der Waals surface area contributed by atoms with Crippen molar-refractivity contribution in [1.29, 1.82) is 0 Å². The van der Waals surface area contributed by atoms with Gasteiger partial charge in [-0.1, -0.05) is 48.6 Å². The number of aryl methyl sites for hydroxylation is 1. The molecule has 1 heterocycles. The van der Waals surface area contributed by atoms with Crippen molar-refractivity contribution in [3.05, 3.63) is 106 Å². The van der Waals surface area contributed by atoms with Crippen LogP contribution in [0.4, 0.5) is 17.6 Å². The van der Waals surface area contributed by atoms with E-state index in [-0.39, 0.29) is 12.3 Å². The molecule has 2 aliphatic rings. The van der Waals surface area contributed by atoms with Gasteiger partial charge in [0, 0.05) is 24.2 Å². The maximum Gasteiger partial charge on any atom is 0.461 e. The van der Waals surface area contributed by atoms with Crippen LogP contribution in [0.15, 0.2) is 72.8 Å². The van der Waals surface area contributed by atoms with Gasteiger partial charge in [-0.3, -0.25) is 15.0 Å². The van der Waals surface area contributed by atoms with E-state index >= 15 is 0 Å². The van der Waals surface area contributed by atoms with Gasteiger partial charge < -0.3 is 14.7 Å². The summed E-state index contributed by atoms with van der Waals surface area (Å²) in [5.74, 6) is -0.993. The predicted octanol–water partition coefficient (Wildman–Crippen LogP) is 6.48. The Balaban J connectivity index is 1.36. The first-order chi connectivity index (χ1) is 22.1. The fourth-order valence-electron chi connectivity index (χ4n) is 5.83. The Labute approximate surface area is 265 Å². The number of carbonyl (C=O) groups excluding carboxylic acids is 2. The van der Waals surface area contributed by atoms with Crippen molar-refractivity contribution in [3.63, 3.8) is 0 Å². The molecule has 46 heavy (non-hydrogen) atoms. The molecule has 1 fully saturated rings. The number of allylic oxidation sites excluding steroid dienone is 1. The summed E-state index contributed by atoms with van der Waals surface area (Å²) in [6.45, 7) is 1.39. The van der Waals surface area contributed by atoms with Crippen molar-refractivity contribution in [3.8, 4) is 5.75 Å². The number of piperidine rings is 1. The average molecular weight is 640 g/mol. The molecule has 1 saturated heterocycles. The Hall–Kier alpha value is -4.22. The monoisotopic (exact) mass is 639 g/mol. The van der Waals surface area contributed by atoms with Crippen molar-refractivity contribution in [1.82, 2.24) is 15.8 Å². The fourth-order valence-corrected chi connectivity index (χ4v) is 5.83. The van der Waals surface area contributed by atoms with Crippen LogP contribution in [0, 0.1) is 0 Å². The second-order valence-electron chi connectivity index (χ2n) is 11.6. The molecule has 0 aromatic heterocycles. The second kappa shape index (κ2) is 14.9. The minimum atomic E-state index is -4.68. The Morgan fingerprint density at radius 2 is 1.70 bits per heavy atom. The average Bonchev–Trinajstić information content (AvgIpc) is 3.32. The SMILES string of the molecule is O=C(NNC(Cc1cccc(OC(F)(F)C(F)F)c1)C(O)c1ccc(C(=O)N2CCCCC2)cc1)c1cccc2c1C=CCCC2. The molecule has 3 N–H and O–H groups in total. The third-order valence-electron chi connectivity index (χ3n) is 8.30. The lowest BCUT2D eigenvalue weighted by Crippen LogP contribution is -2.48. The molecule has 0 saturated carbocycles. The number of fused-ring (bicyclic) bond motifs is 1. The maximum atomic E-state index is 13.6. The largest absolute Gasteiger partial charge is 0.461 e. The van der Waals surface area contributed by atoms with Crippen LogP contribution >= 0.6 is 0 Å². The quantitative estimate of drug-likeness (QED) is 0.165. The summed E-state index contributed by atoms with van der Waals surface area (Å²) in [4.78, 5) is 28.1. The van der Waals surface area contributed by atoms with Gasteiger partial charge in [0.25, 0.3) is 11.8 Å². The third-order valence-corrected chi connectivity index (χ3v) is 8.30. The molecule has 2 amide bonds. The molecule has 1 aliphatic carbocycles. The van der Waals surface area contributed by atoms with Crippen LogP contribution in [-0.4, -0.2) is 53.5 Å². The lowest BCUT2D eigenvalue weighted by Gasteiger charge is -2.27. The van der Waals surface area contributed by atoms with Gasteiger partial charge in [-0.05, 0) is 97.5 Å². The fraction of sp³-hybridized carbons (Fsp3) is 0.371. The number of alkyl halides is 4. The van der Waals surface area contributed by atoms with Crippen molar-refractivity contribution in [2.75, 3.05) is 13.1 Å². The zero-order valence-corrected chi connectivity index (χ0v) is 25.2. The molecule has 244 valence electrons. The first-order valence-electron chi connectivity index (χ1n) is 15.5. The number of nitrogens with one attached hydrogen (secondary N) is 2. The molecule has 1 aliphatic heterocycles. The maximum absolute atomic E-state index is 13.6. The highest BCUT2D eigenvalue weighted by Gasteiger charge is 2.44. The van der Waals surface area contributed by atoms with Gasteiger partial charge in [0.05, 0.1) is 12.1 Å². The van der Waals surface area contributed by atoms with E-state index in [9.17, 15) is 32.3 Å². The first kappa shape index (κ1) is 33.2. The van der Waals surface area contributed by atoms with E-state index in [2.05, 4.69) is 15.6 Å². The van der Waals surface area contributed by atoms with E-state index < -0.39 is 36.3 Å². The lowest BCUT2D eigenvalue weighted by molar-refractivity contribution is -0.253. The first-order valence-corrected chi connectivity index (χ1v) is 15.5. The number of benzene rings is 3. The van der Waals surface area contributed by atoms with Crippen LogP contribution in [0.25, 0.3) is 6.08 Å². The molecule has 0 radical (unpaired) electrons. The molecule has 2 unspecified atom stereocenters. The molecule has 11 heteroatoms. The van der Waals surface area contributed by atoms with E-state index in [1.807, 2.05) is 24.3 Å². The number of ether oxygens (including phenoxy) is 1. The number of nitrogens with zero attached hydrogens (tertiary/aromatic N) is 1. The summed E-state index contributed by atoms with van der Waals surface area (Å²) >= 11 is 0. The van der Waals surface area contributed by atoms with Crippen LogP contribution in [0.2, 0.25) is 0 Å². The van der Waals surface area contributed by atoms with Crippen molar-refractivity contribution in [2.45, 2.75) is 69.6 Å². The predicted molar refractivity (Wildman–Crippen MR) is 166 cm³/mol. The van der Waals surface area contributed by atoms with E-state index in [4.69, 9.17) is 0 Å². The summed E-state index contributed by atoms with van der Waals surface area (Å²) in [5.41, 5.74) is 9.20. The van der Waals surface area contributed by atoms with Crippen LogP contribution in [0.3, 0.4) is 0 Å². The molecular weight excluding hydrogens is 602 g/mol. The minimum Gasteiger partial charge on any atom is -0.428 e. The zero-order valence-electron chi connectivity index (χ0n) is 25.2. The van der Waals surface area contributed by atoms with Gasteiger partial charge in [0.15, 0.2) is 0 Å². The molecule has 0 spiro atoms. The molecule has 0 bridgehead atoms. The number of halogens is 4. The molecule has 2 atom stereocenters. The number of hydrogen-bond acceptors (Lipinski definition) is 5. The topological polar surface area (TPSA) is 90.9 Å². The number of carbonyl (C=O) groups is 2. The van der Waals surface area contributed by atoms with Crippen LogP contribution in [0.1, 0.15) is 81.2 Å². The van der Waals surface area contributed by atoms with E-state index in [1.165, 1.54) is 12.1 Å². The number of hydrogen-bond donors (Lipinski definition) is 3. The van der Waals surface area contributed by atoms with Crippen molar-refractivity contribution in [2.24, 2.45) is 0 Å². The molecule has 5 rings (SSSR count). The van der Waals surface area contributed by atoms with Gasteiger partial charge in [-0.25, -0.2) is 5.43 Å². The van der Waals surface area contributed by atoms with E-state index in [0.29, 0.717) is 35.3 Å². The highest BCUT2D eigenvalue weighted by molar-refractivity contribution is 5.98. The summed E-state index contributed by atoms with van der Waals surface area (Å²) in [6, 6.07) is 16.4. The smallest absolute Gasteiger partial charge is 0.428 e. The number of rotatable bonds is 11. The highest BCUT2D eigenvalue weighted by Crippen LogP contribution is 2.29. The Bertz CT molecular complexity index is 1540. The standard InChI is InChI=1S/C35H37F4N3O4/c36-34(37)35(38,39)46-27-12-7-9-23(21-27)22-30(40-41-32(44)29-14-8-11-24-10-3-1-4-13-28(24)29)31(43)25-15-17-26(18-16-25)33(45)42-19-5-2-6-20-42/h4,7-9,11-18,21,30-31,34,40,43H,1-3,5-6,10,19-20,22H2,(H,41,44). The van der Waals surface area contributed by atoms with Gasteiger partial charge in [-0.2, -0.15) is 17.6 Å². The van der Waals surface area contributed by atoms with Crippen molar-refractivity contribution < 1.29 is 37.0 Å². The molecule has 3 aromatic carbocycles. The highest BCUT2D eigenvalue weighted by atomic mass is 19.3. The number of amides is 2. The summed E-state index contributed by atoms with van der Waals surface area (Å²) in [7, 11) is 0. The summed E-state index contributed by atoms with van der Waals surface area (Å²) < 4.78 is 56.9. The molecular formula is C35H37F4N3O4. The summed E-state index contributed by atoms with van der Waals surface area (Å²) in [5, 5.41) is 11.5. The Kier molecular flexibility index (Phi) is 10.7. The Morgan fingerprint density at radius 1 is 0.957 bits per heavy atom. The second-order valence-corrected chi connectivity index (χ2v) is 11.6. The van der Waals surface area contributed by atoms with Gasteiger partial charge in [0.2, 0.25) is 0 Å². The normalized spacial score (nSPS) is 16.3. The van der Waals surface area contributed by atoms with Crippen LogP contribution in [-0.2, 0) is 12.8 Å². The van der Waals surface area contributed by atoms with Crippen LogP contribution in [0.5, 0.6) is 5.75 Å². The number of aliphatic hydroxyl groups excluding tert-OH is 1. The van der Waals surface area contributed by atoms with E-state index in [1.54, 1.807) is 41.3 Å². The van der Waals surface area contributed by atoms with Gasteiger partial charge in [0.1, 0.15) is 5.75 Å². The molecule has 3 aromatic rings. The Morgan fingerprint density at radius 3 is 2.43 bits per heavy atom. The summed E-state index contributed by atoms with van der Waals surface area (Å²) in [6.07, 6.45) is -0.303. The number of hydrazine groups is 1. The molecule has 7 nitrogen and oxygen atoms in total. The number of likely N-dealkylation sites (tertiary alicyclic amines) is 1. The zero-order chi connectivity index (χ0) is 32.7. The van der Waals surface area contributed by atoms with E-state index in [0.717, 1.165) is 55.7 Å². The van der Waals surface area contributed by atoms with Crippen LogP contribution < -0.4 is 15.6 Å². The third kappa shape index (κ3) is 8.13. The minimum absolute atomic E-state index is 0.0137. The number of aliphatic hydroxyl groups is 1. The van der Waals surface area contributed by atoms with Gasteiger partial charge in [-0.15, -0.1) is 0 Å².